The molecule has 0 saturated heterocycles. The highest BCUT2D eigenvalue weighted by Crippen LogP contribution is 2.38. The van der Waals surface area contributed by atoms with E-state index in [1.165, 1.54) is 33.3 Å². The first-order valence-corrected chi connectivity index (χ1v) is 21.5. The lowest BCUT2D eigenvalue weighted by Gasteiger charge is -2.43. The van der Waals surface area contributed by atoms with Crippen LogP contribution in [-0.4, -0.2) is 29.8 Å². The maximum Gasteiger partial charge on any atom is 0.804 e. The van der Waals surface area contributed by atoms with E-state index in [0.717, 1.165) is 0 Å². The first-order valence-electron chi connectivity index (χ1n) is 16.6. The molecule has 0 radical (unpaired) electrons. The normalized spacial score (nSPS) is 12.8. The fourth-order valence-corrected chi connectivity index (χ4v) is 16.0. The van der Waals surface area contributed by atoms with Crippen LogP contribution in [0.4, 0.5) is 0 Å². The molecule has 0 unspecified atom stereocenters. The van der Waals surface area contributed by atoms with Crippen molar-refractivity contribution in [2.75, 3.05) is 13.2 Å². The van der Waals surface area contributed by atoms with Crippen LogP contribution in [0.25, 0.3) is 0 Å². The van der Waals surface area contributed by atoms with E-state index in [4.69, 9.17) is 17.9 Å². The van der Waals surface area contributed by atoms with E-state index in [0.29, 0.717) is 26.1 Å². The predicted octanol–water partition coefficient (Wildman–Crippen LogP) is 8.64. The minimum absolute atomic E-state index is 0.0933. The second-order valence-electron chi connectivity index (χ2n) is 13.8. The van der Waals surface area contributed by atoms with Crippen molar-refractivity contribution in [3.63, 3.8) is 0 Å². The zero-order valence-corrected chi connectivity index (χ0v) is 32.1. The fourth-order valence-electron chi connectivity index (χ4n) is 6.43. The summed E-state index contributed by atoms with van der Waals surface area (Å²) in [6.07, 6.45) is 7.76. The molecule has 0 aliphatic heterocycles. The third-order valence-electron chi connectivity index (χ3n) is 8.53. The number of hydrogen-bond acceptors (Lipinski definition) is 5. The maximum absolute atomic E-state index is 12.4. The van der Waals surface area contributed by atoms with Gasteiger partial charge in [0.1, 0.15) is 0 Å². The molecule has 0 aliphatic rings. The highest BCUT2D eigenvalue weighted by molar-refractivity contribution is 7.33. The van der Waals surface area contributed by atoms with E-state index in [9.17, 15) is 4.57 Å². The summed E-state index contributed by atoms with van der Waals surface area (Å²) >= 11 is 0. The fraction of sp³-hybridized carbons (Fsp3) is 0.300. The molecule has 0 aromatic heterocycles. The van der Waals surface area contributed by atoms with E-state index in [-0.39, 0.29) is 10.1 Å². The molecule has 252 valence electrons. The highest BCUT2D eigenvalue weighted by atomic mass is 31.1. The average Bonchev–Trinajstić information content (AvgIpc) is 3.08. The summed E-state index contributed by atoms with van der Waals surface area (Å²) in [6, 6.07) is 42.3. The second kappa shape index (κ2) is 17.2. The van der Waals surface area contributed by atoms with Gasteiger partial charge in [-0.3, -0.25) is 0 Å². The Balaban J connectivity index is 1.29. The lowest BCUT2D eigenvalue weighted by Crippen LogP contribution is -2.66. The van der Waals surface area contributed by atoms with E-state index in [1.807, 2.05) is 36.4 Å². The van der Waals surface area contributed by atoms with Gasteiger partial charge in [-0.15, -0.1) is 0 Å². The van der Waals surface area contributed by atoms with Crippen LogP contribution >= 0.6 is 8.25 Å². The molecular formula is C40H50O5PSi2+. The quantitative estimate of drug-likeness (QED) is 0.0508. The Hall–Kier alpha value is -3.59. The molecule has 0 heterocycles. The van der Waals surface area contributed by atoms with Gasteiger partial charge in [-0.1, -0.05) is 163 Å². The van der Waals surface area contributed by atoms with Gasteiger partial charge in [0.2, 0.25) is 0 Å². The number of hydrogen-bond donors (Lipinski definition) is 0. The Labute approximate surface area is 290 Å². The summed E-state index contributed by atoms with van der Waals surface area (Å²) in [7, 11) is -7.53. The van der Waals surface area contributed by atoms with Crippen molar-refractivity contribution >= 4 is 45.6 Å². The molecule has 0 fully saturated rings. The van der Waals surface area contributed by atoms with Crippen molar-refractivity contribution in [3.8, 4) is 0 Å². The molecule has 4 aromatic rings. The molecule has 8 heteroatoms. The molecule has 0 spiro atoms. The molecule has 5 nitrogen and oxygen atoms in total. The first kappa shape index (κ1) is 37.2. The first-order chi connectivity index (χ1) is 23.0. The van der Waals surface area contributed by atoms with E-state index in [1.54, 1.807) is 0 Å². The van der Waals surface area contributed by atoms with E-state index in [2.05, 4.69) is 139 Å². The number of rotatable bonds is 16. The number of benzene rings is 4. The van der Waals surface area contributed by atoms with Gasteiger partial charge in [-0.05, 0) is 55.8 Å². The van der Waals surface area contributed by atoms with Crippen LogP contribution in [0.1, 0.15) is 54.4 Å². The largest absolute Gasteiger partial charge is 0.804 e. The van der Waals surface area contributed by atoms with Gasteiger partial charge >= 0.3 is 8.25 Å². The van der Waals surface area contributed by atoms with Gasteiger partial charge in [0.05, 0.1) is 0 Å². The van der Waals surface area contributed by atoms with Crippen molar-refractivity contribution in [1.82, 2.24) is 0 Å². The minimum Gasteiger partial charge on any atom is -0.407 e. The topological polar surface area (TPSA) is 54.0 Å². The Morgan fingerprint density at radius 2 is 0.771 bits per heavy atom. The highest BCUT2D eigenvalue weighted by Gasteiger charge is 2.51. The summed E-state index contributed by atoms with van der Waals surface area (Å²) < 4.78 is 36.8. The van der Waals surface area contributed by atoms with E-state index >= 15 is 0 Å². The summed E-state index contributed by atoms with van der Waals surface area (Å²) in [5, 5.41) is 4.77. The monoisotopic (exact) mass is 697 g/mol. The third kappa shape index (κ3) is 8.90. The molecule has 0 saturated carbocycles. The SMILES string of the molecule is CC(C)(C)[Si](OCC/C=C/O[P+](=O)O/C=C/CCO[Si](c1ccccc1)(c1ccccc1)C(C)(C)C)(c1ccccc1)c1ccccc1. The maximum atomic E-state index is 12.4. The van der Waals surface area contributed by atoms with E-state index < -0.39 is 24.9 Å². The van der Waals surface area contributed by atoms with Crippen LogP contribution in [-0.2, 0) is 22.5 Å². The van der Waals surface area contributed by atoms with Gasteiger partial charge in [-0.25, -0.2) is 9.05 Å². The lowest BCUT2D eigenvalue weighted by atomic mass is 10.2. The molecule has 0 bridgehead atoms. The summed E-state index contributed by atoms with van der Waals surface area (Å²) in [5.74, 6) is 0. The molecular weight excluding hydrogens is 648 g/mol. The molecule has 4 aromatic carbocycles. The Morgan fingerprint density at radius 3 is 1.02 bits per heavy atom. The summed E-state index contributed by atoms with van der Waals surface area (Å²) in [5.41, 5.74) is 0. The zero-order valence-electron chi connectivity index (χ0n) is 29.2. The van der Waals surface area contributed by atoms with Gasteiger partial charge in [-0.2, -0.15) is 0 Å². The van der Waals surface area contributed by atoms with Crippen molar-refractivity contribution in [1.29, 1.82) is 0 Å². The average molecular weight is 698 g/mol. The second-order valence-corrected chi connectivity index (χ2v) is 23.3. The van der Waals surface area contributed by atoms with Crippen molar-refractivity contribution in [2.45, 2.75) is 64.5 Å². The van der Waals surface area contributed by atoms with Gasteiger partial charge in [0, 0.05) is 17.8 Å². The molecule has 0 N–H and O–H groups in total. The smallest absolute Gasteiger partial charge is 0.407 e. The lowest BCUT2D eigenvalue weighted by molar-refractivity contribution is 0.301. The molecule has 0 atom stereocenters. The van der Waals surface area contributed by atoms with Crippen LogP contribution in [0.5, 0.6) is 0 Å². The van der Waals surface area contributed by atoms with Crippen LogP contribution in [0.2, 0.25) is 10.1 Å². The van der Waals surface area contributed by atoms with Crippen LogP contribution in [0, 0.1) is 0 Å². The predicted molar refractivity (Wildman–Crippen MR) is 204 cm³/mol. The molecule has 4 rings (SSSR count). The molecule has 0 aliphatic carbocycles. The van der Waals surface area contributed by atoms with Crippen molar-refractivity contribution in [3.05, 3.63) is 146 Å². The van der Waals surface area contributed by atoms with Crippen molar-refractivity contribution < 1.29 is 22.5 Å². The molecule has 0 amide bonds. The molecule has 48 heavy (non-hydrogen) atoms. The summed E-state index contributed by atoms with van der Waals surface area (Å²) in [6.45, 7) is 14.6. The Morgan fingerprint density at radius 1 is 0.500 bits per heavy atom. The van der Waals surface area contributed by atoms with Crippen molar-refractivity contribution in [2.24, 2.45) is 0 Å². The van der Waals surface area contributed by atoms with Crippen LogP contribution < -0.4 is 20.7 Å². The zero-order chi connectivity index (χ0) is 34.5. The Bertz CT molecular complexity index is 1400. The van der Waals surface area contributed by atoms with Crippen LogP contribution in [0.15, 0.2) is 146 Å². The Kier molecular flexibility index (Phi) is 13.3. The van der Waals surface area contributed by atoms with Gasteiger partial charge in [0.15, 0.2) is 12.5 Å². The van der Waals surface area contributed by atoms with Gasteiger partial charge in [0.25, 0.3) is 16.6 Å². The third-order valence-corrected chi connectivity index (χ3v) is 19.2. The van der Waals surface area contributed by atoms with Gasteiger partial charge < -0.3 is 8.85 Å². The standard InChI is InChI=1S/C40H50O5PSi2/c1-39(2,3)47(35-23-11-7-12-24-35,36-25-13-8-14-26-36)44-33-21-19-31-42-46(41)43-32-20-22-34-45-48(40(4,5)6,37-27-15-9-16-28-37)38-29-17-10-18-30-38/h7-20,23-32H,21-22,33-34H2,1-6H3/q+1/b31-19+,32-20+. The summed E-state index contributed by atoms with van der Waals surface area (Å²) in [4.78, 5) is 0. The minimum atomic E-state index is -2.60. The van der Waals surface area contributed by atoms with Crippen LogP contribution in [0.3, 0.4) is 0 Å².